The van der Waals surface area contributed by atoms with Crippen molar-refractivity contribution in [2.24, 2.45) is 0 Å². The number of pyridine rings is 1. The van der Waals surface area contributed by atoms with Crippen molar-refractivity contribution in [1.82, 2.24) is 4.57 Å². The molecule has 138 valence electrons. The number of benzene rings is 2. The van der Waals surface area contributed by atoms with E-state index in [0.29, 0.717) is 40.9 Å². The molecule has 0 bridgehead atoms. The largest absolute Gasteiger partial charge is 0.495 e. The number of rotatable bonds is 3. The van der Waals surface area contributed by atoms with Crippen molar-refractivity contribution < 1.29 is 14.3 Å². The third-order valence-corrected chi connectivity index (χ3v) is 4.89. The smallest absolute Gasteiger partial charge is 0.261 e. The molecular weight excluding hydrogens is 368 g/mol. The van der Waals surface area contributed by atoms with Gasteiger partial charge in [0.1, 0.15) is 23.7 Å². The Morgan fingerprint density at radius 3 is 2.89 bits per heavy atom. The van der Waals surface area contributed by atoms with Gasteiger partial charge in [-0.2, -0.15) is 0 Å². The summed E-state index contributed by atoms with van der Waals surface area (Å²) < 4.78 is 12.7. The molecule has 2 aromatic carbocycles. The van der Waals surface area contributed by atoms with Gasteiger partial charge in [0.05, 0.1) is 35.3 Å². The van der Waals surface area contributed by atoms with Crippen molar-refractivity contribution in [3.05, 3.63) is 62.9 Å². The first-order valence-corrected chi connectivity index (χ1v) is 8.82. The third kappa shape index (κ3) is 2.92. The van der Waals surface area contributed by atoms with Gasteiger partial charge in [-0.1, -0.05) is 17.7 Å². The summed E-state index contributed by atoms with van der Waals surface area (Å²) in [4.78, 5) is 25.9. The van der Waals surface area contributed by atoms with Gasteiger partial charge < -0.3 is 19.4 Å². The second-order valence-electron chi connectivity index (χ2n) is 6.34. The maximum absolute atomic E-state index is 13.0. The van der Waals surface area contributed by atoms with Crippen LogP contribution in [0.4, 0.5) is 5.69 Å². The van der Waals surface area contributed by atoms with E-state index in [4.69, 9.17) is 21.1 Å². The average Bonchev–Trinajstić information content (AvgIpc) is 2.65. The zero-order chi connectivity index (χ0) is 19.1. The van der Waals surface area contributed by atoms with E-state index in [1.54, 1.807) is 30.5 Å². The first kappa shape index (κ1) is 17.4. The van der Waals surface area contributed by atoms with E-state index >= 15 is 0 Å². The van der Waals surface area contributed by atoms with Gasteiger partial charge in [-0.15, -0.1) is 0 Å². The van der Waals surface area contributed by atoms with Crippen LogP contribution in [0, 0.1) is 6.92 Å². The number of carbonyl (C=O) groups excluding carboxylic acids is 1. The number of anilines is 1. The number of carbonyl (C=O) groups is 1. The Balaban J connectivity index is 1.84. The van der Waals surface area contributed by atoms with E-state index < -0.39 is 11.3 Å². The van der Waals surface area contributed by atoms with Crippen LogP contribution < -0.4 is 20.2 Å². The fourth-order valence-electron chi connectivity index (χ4n) is 3.28. The summed E-state index contributed by atoms with van der Waals surface area (Å²) in [6.45, 7) is 2.89. The molecule has 1 N–H and O–H groups in total. The molecule has 0 saturated heterocycles. The normalized spacial score (nSPS) is 12.6. The lowest BCUT2D eigenvalue weighted by Crippen LogP contribution is -2.27. The number of halogens is 1. The van der Waals surface area contributed by atoms with Crippen molar-refractivity contribution in [3.8, 4) is 11.5 Å². The van der Waals surface area contributed by atoms with Gasteiger partial charge in [0.2, 0.25) is 5.43 Å². The molecule has 2 heterocycles. The maximum Gasteiger partial charge on any atom is 0.261 e. The van der Waals surface area contributed by atoms with Gasteiger partial charge >= 0.3 is 0 Å². The number of hydrogen-bond donors (Lipinski definition) is 1. The lowest BCUT2D eigenvalue weighted by molar-refractivity contribution is 0.102. The third-order valence-electron chi connectivity index (χ3n) is 4.57. The molecule has 1 aliphatic heterocycles. The summed E-state index contributed by atoms with van der Waals surface area (Å²) in [5.74, 6) is 0.595. The Labute approximate surface area is 160 Å². The SMILES string of the molecule is COc1ccc(C)cc1NC(=O)c1cn2c3c(ccc(Cl)c3c1=O)OCC2. The quantitative estimate of drug-likeness (QED) is 0.748. The standard InChI is InChI=1S/C20H17ClN2O4/c1-11-3-5-15(26-2)14(9-11)22-20(25)12-10-23-7-8-27-16-6-4-13(21)17(18(16)23)19(12)24/h3-6,9-10H,7-8H2,1-2H3,(H,22,25). The number of methoxy groups -OCH3 is 1. The van der Waals surface area contributed by atoms with Crippen LogP contribution in [-0.4, -0.2) is 24.2 Å². The molecule has 0 saturated carbocycles. The molecule has 3 aromatic rings. The number of ether oxygens (including phenoxy) is 2. The Hall–Kier alpha value is -2.99. The molecule has 0 atom stereocenters. The fourth-order valence-corrected chi connectivity index (χ4v) is 3.52. The molecule has 0 fully saturated rings. The molecule has 1 aliphatic rings. The van der Waals surface area contributed by atoms with Gasteiger partial charge in [-0.25, -0.2) is 0 Å². The zero-order valence-corrected chi connectivity index (χ0v) is 15.6. The van der Waals surface area contributed by atoms with Crippen molar-refractivity contribution in [1.29, 1.82) is 0 Å². The van der Waals surface area contributed by atoms with Gasteiger partial charge in [0, 0.05) is 6.20 Å². The zero-order valence-electron chi connectivity index (χ0n) is 14.8. The van der Waals surface area contributed by atoms with E-state index in [0.717, 1.165) is 5.56 Å². The van der Waals surface area contributed by atoms with Crippen LogP contribution in [0.2, 0.25) is 5.02 Å². The highest BCUT2D eigenvalue weighted by Crippen LogP contribution is 2.32. The van der Waals surface area contributed by atoms with Crippen LogP contribution in [0.5, 0.6) is 11.5 Å². The van der Waals surface area contributed by atoms with Crippen molar-refractivity contribution >= 4 is 34.1 Å². The highest BCUT2D eigenvalue weighted by Gasteiger charge is 2.22. The topological polar surface area (TPSA) is 69.6 Å². The first-order valence-electron chi connectivity index (χ1n) is 8.44. The fraction of sp³-hybridized carbons (Fsp3) is 0.200. The van der Waals surface area contributed by atoms with Crippen LogP contribution in [-0.2, 0) is 6.54 Å². The van der Waals surface area contributed by atoms with Crippen LogP contribution in [0.25, 0.3) is 10.9 Å². The minimum atomic E-state index is -0.512. The average molecular weight is 385 g/mol. The van der Waals surface area contributed by atoms with E-state index in [1.165, 1.54) is 7.11 Å². The number of aromatic nitrogens is 1. The lowest BCUT2D eigenvalue weighted by atomic mass is 10.1. The number of aryl methyl sites for hydroxylation is 1. The van der Waals surface area contributed by atoms with Gasteiger partial charge in [-0.3, -0.25) is 9.59 Å². The molecule has 27 heavy (non-hydrogen) atoms. The maximum atomic E-state index is 13.0. The van der Waals surface area contributed by atoms with Crippen LogP contribution in [0.3, 0.4) is 0 Å². The highest BCUT2D eigenvalue weighted by molar-refractivity contribution is 6.35. The first-order chi connectivity index (χ1) is 13.0. The predicted molar refractivity (Wildman–Crippen MR) is 104 cm³/mol. The van der Waals surface area contributed by atoms with E-state index in [2.05, 4.69) is 5.32 Å². The molecule has 0 aliphatic carbocycles. The van der Waals surface area contributed by atoms with E-state index in [-0.39, 0.29) is 10.9 Å². The van der Waals surface area contributed by atoms with Crippen molar-refractivity contribution in [2.75, 3.05) is 19.0 Å². The molecule has 0 radical (unpaired) electrons. The number of amides is 1. The molecule has 0 unspecified atom stereocenters. The summed E-state index contributed by atoms with van der Waals surface area (Å²) in [5, 5.41) is 3.36. The Kier molecular flexibility index (Phi) is 4.28. The summed E-state index contributed by atoms with van der Waals surface area (Å²) in [7, 11) is 1.52. The number of nitrogens with zero attached hydrogens (tertiary/aromatic N) is 1. The summed E-state index contributed by atoms with van der Waals surface area (Å²) in [6.07, 6.45) is 1.56. The van der Waals surface area contributed by atoms with E-state index in [9.17, 15) is 9.59 Å². The molecule has 0 spiro atoms. The molecule has 4 rings (SSSR count). The van der Waals surface area contributed by atoms with Gasteiger partial charge in [-0.05, 0) is 36.8 Å². The second kappa shape index (κ2) is 6.63. The minimum absolute atomic E-state index is 0.0204. The summed E-state index contributed by atoms with van der Waals surface area (Å²) in [5.41, 5.74) is 1.67. The number of hydrogen-bond acceptors (Lipinski definition) is 4. The summed E-state index contributed by atoms with van der Waals surface area (Å²) >= 11 is 6.27. The molecule has 7 heteroatoms. The van der Waals surface area contributed by atoms with Crippen molar-refractivity contribution in [2.45, 2.75) is 13.5 Å². The minimum Gasteiger partial charge on any atom is -0.495 e. The highest BCUT2D eigenvalue weighted by atomic mass is 35.5. The van der Waals surface area contributed by atoms with Gasteiger partial charge in [0.15, 0.2) is 0 Å². The lowest BCUT2D eigenvalue weighted by Gasteiger charge is -2.22. The van der Waals surface area contributed by atoms with Gasteiger partial charge in [0.25, 0.3) is 5.91 Å². The van der Waals surface area contributed by atoms with Crippen LogP contribution in [0.15, 0.2) is 41.3 Å². The predicted octanol–water partition coefficient (Wildman–Crippen LogP) is 3.62. The molecule has 6 nitrogen and oxygen atoms in total. The molecule has 1 amide bonds. The molecule has 1 aromatic heterocycles. The Morgan fingerprint density at radius 2 is 2.11 bits per heavy atom. The van der Waals surface area contributed by atoms with E-state index in [1.807, 2.05) is 17.6 Å². The van der Waals surface area contributed by atoms with Crippen molar-refractivity contribution in [3.63, 3.8) is 0 Å². The molecular formula is C20H17ClN2O4. The second-order valence-corrected chi connectivity index (χ2v) is 6.75. The number of nitrogens with one attached hydrogen (secondary N) is 1. The monoisotopic (exact) mass is 384 g/mol. The Bertz CT molecular complexity index is 1140. The van der Waals surface area contributed by atoms with Crippen LogP contribution >= 0.6 is 11.6 Å². The van der Waals surface area contributed by atoms with Crippen LogP contribution in [0.1, 0.15) is 15.9 Å². The Morgan fingerprint density at radius 1 is 1.30 bits per heavy atom. The summed E-state index contributed by atoms with van der Waals surface area (Å²) in [6, 6.07) is 8.78.